The standard InChI is InChI=1S/C49H64O7/c1-13-16-52-39-29-19-31-23-36(46(7,8)9)25-33(40(31)53-17-14-2)27-48-42(55-48)38(50)43-49(56-43,44(48)51)28-34-26-37(47(10,11)12)24-32(41(34)54-18-15-3)20-30(39)22-35(21-29)45(4,5)6/h21-26,42-43H,13-20,27-28H2,1-12H3/t42-,43+,48+,49-. The number of epoxide rings is 2. The lowest BCUT2D eigenvalue weighted by molar-refractivity contribution is -0.131. The summed E-state index contributed by atoms with van der Waals surface area (Å²) in [6.07, 6.45) is 2.46. The number of hydrogen-bond acceptors (Lipinski definition) is 7. The minimum atomic E-state index is -1.32. The number of Topliss-reactive ketones (excluding diaryl/α,β-unsaturated/α-hetero) is 2. The van der Waals surface area contributed by atoms with Gasteiger partial charge in [0.25, 0.3) is 0 Å². The first-order chi connectivity index (χ1) is 26.3. The zero-order valence-electron chi connectivity index (χ0n) is 36.0. The van der Waals surface area contributed by atoms with E-state index in [4.69, 9.17) is 23.7 Å². The highest BCUT2D eigenvalue weighted by molar-refractivity contribution is 6.17. The first-order valence-corrected chi connectivity index (χ1v) is 21.1. The highest BCUT2D eigenvalue weighted by Gasteiger charge is 2.84. The van der Waals surface area contributed by atoms with Gasteiger partial charge < -0.3 is 23.7 Å². The topological polar surface area (TPSA) is 86.9 Å². The third-order valence-electron chi connectivity index (χ3n) is 12.0. The first-order valence-electron chi connectivity index (χ1n) is 21.1. The Labute approximate surface area is 335 Å². The molecular formula is C49H64O7. The van der Waals surface area contributed by atoms with Gasteiger partial charge in [-0.2, -0.15) is 0 Å². The van der Waals surface area contributed by atoms with Gasteiger partial charge in [-0.25, -0.2) is 0 Å². The SMILES string of the molecule is CCCOc1c2cc(C(C)(C)C)cc1Cc1cc(C(C)(C)C)cc(c1OCCC)C[C@]13O[C@@H]1C(=O)[C@@H]1O[C@@]1(Cc1cc(C(C)(C)C)cc(c1OCCC)C2)C3=O. The molecule has 7 rings (SSSR count). The van der Waals surface area contributed by atoms with Crippen molar-refractivity contribution < 1.29 is 33.3 Å². The van der Waals surface area contributed by atoms with Crippen LogP contribution < -0.4 is 14.2 Å². The monoisotopic (exact) mass is 764 g/mol. The predicted octanol–water partition coefficient (Wildman–Crippen LogP) is 9.65. The maximum absolute atomic E-state index is 15.1. The number of carbonyl (C=O) groups is 2. The van der Waals surface area contributed by atoms with Crippen molar-refractivity contribution in [3.63, 3.8) is 0 Å². The van der Waals surface area contributed by atoms with E-state index in [0.29, 0.717) is 32.7 Å². The Morgan fingerprint density at radius 2 is 0.804 bits per heavy atom. The number of hydrogen-bond donors (Lipinski definition) is 0. The molecule has 0 N–H and O–H groups in total. The second-order valence-electron chi connectivity index (χ2n) is 19.9. The third-order valence-corrected chi connectivity index (χ3v) is 12.0. The molecule has 3 aromatic carbocycles. The molecule has 2 aliphatic heterocycles. The summed E-state index contributed by atoms with van der Waals surface area (Å²) < 4.78 is 32.9. The van der Waals surface area contributed by atoms with Crippen LogP contribution in [0.2, 0.25) is 0 Å². The van der Waals surface area contributed by atoms with Crippen molar-refractivity contribution in [3.8, 4) is 17.2 Å². The van der Waals surface area contributed by atoms with Crippen LogP contribution in [-0.2, 0) is 61.0 Å². The van der Waals surface area contributed by atoms with Crippen molar-refractivity contribution >= 4 is 11.6 Å². The van der Waals surface area contributed by atoms with Crippen LogP contribution in [0.4, 0.5) is 0 Å². The van der Waals surface area contributed by atoms with E-state index in [2.05, 4.69) is 119 Å². The Hall–Kier alpha value is -3.68. The van der Waals surface area contributed by atoms with Crippen LogP contribution in [0.5, 0.6) is 17.2 Å². The van der Waals surface area contributed by atoms with Gasteiger partial charge in [-0.05, 0) is 85.6 Å². The Morgan fingerprint density at radius 3 is 1.09 bits per heavy atom. The van der Waals surface area contributed by atoms with Crippen LogP contribution in [0.25, 0.3) is 0 Å². The third kappa shape index (κ3) is 7.21. The summed E-state index contributed by atoms with van der Waals surface area (Å²) in [5, 5.41) is 0. The lowest BCUT2D eigenvalue weighted by Crippen LogP contribution is -2.50. The Balaban J connectivity index is 1.56. The number of ketones is 2. The predicted molar refractivity (Wildman–Crippen MR) is 221 cm³/mol. The smallest absolute Gasteiger partial charge is 0.203 e. The molecule has 2 heterocycles. The molecule has 2 saturated heterocycles. The summed E-state index contributed by atoms with van der Waals surface area (Å²) in [7, 11) is 0. The molecule has 3 aromatic rings. The van der Waals surface area contributed by atoms with E-state index in [9.17, 15) is 4.79 Å². The van der Waals surface area contributed by atoms with Crippen LogP contribution in [0, 0.1) is 0 Å². The summed E-state index contributed by atoms with van der Waals surface area (Å²) >= 11 is 0. The molecule has 7 nitrogen and oxygen atoms in total. The zero-order valence-corrected chi connectivity index (χ0v) is 36.0. The lowest BCUT2D eigenvalue weighted by atomic mass is 9.72. The van der Waals surface area contributed by atoms with E-state index in [1.807, 2.05) is 0 Å². The van der Waals surface area contributed by atoms with Crippen molar-refractivity contribution in [3.05, 3.63) is 86.5 Å². The minimum absolute atomic E-state index is 0.132. The lowest BCUT2D eigenvalue weighted by Gasteiger charge is -2.29. The number of benzene rings is 3. The molecule has 2 aliphatic carbocycles. The molecule has 7 heteroatoms. The van der Waals surface area contributed by atoms with E-state index in [1.165, 1.54) is 5.56 Å². The highest BCUT2D eigenvalue weighted by atomic mass is 16.7. The van der Waals surface area contributed by atoms with Gasteiger partial charge in [-0.15, -0.1) is 0 Å². The zero-order chi connectivity index (χ0) is 40.6. The maximum Gasteiger partial charge on any atom is 0.203 e. The van der Waals surface area contributed by atoms with Gasteiger partial charge in [0.2, 0.25) is 5.78 Å². The van der Waals surface area contributed by atoms with E-state index >= 15 is 4.79 Å². The van der Waals surface area contributed by atoms with E-state index in [1.54, 1.807) is 0 Å². The quantitative estimate of drug-likeness (QED) is 0.201. The summed E-state index contributed by atoms with van der Waals surface area (Å²) in [5.41, 5.74) is 6.39. The number of carbonyl (C=O) groups excluding carboxylic acids is 2. The second-order valence-corrected chi connectivity index (χ2v) is 19.9. The van der Waals surface area contributed by atoms with Gasteiger partial charge in [0.1, 0.15) is 17.2 Å². The van der Waals surface area contributed by atoms with Gasteiger partial charge in [0.15, 0.2) is 29.2 Å². The summed E-state index contributed by atoms with van der Waals surface area (Å²) in [4.78, 5) is 29.2. The number of rotatable bonds is 9. The molecule has 0 aromatic heterocycles. The van der Waals surface area contributed by atoms with Crippen molar-refractivity contribution in [1.29, 1.82) is 0 Å². The van der Waals surface area contributed by atoms with E-state index < -0.39 is 23.4 Å². The van der Waals surface area contributed by atoms with Gasteiger partial charge in [-0.3, -0.25) is 9.59 Å². The van der Waals surface area contributed by atoms with Crippen LogP contribution in [-0.4, -0.2) is 54.8 Å². The van der Waals surface area contributed by atoms with Crippen LogP contribution >= 0.6 is 0 Å². The molecular weight excluding hydrogens is 701 g/mol. The first kappa shape index (κ1) is 40.5. The molecule has 4 atom stereocenters. The average Bonchev–Trinajstić information content (AvgIpc) is 4.03. The molecule has 3 fully saturated rings. The molecule has 2 spiro atoms. The molecule has 302 valence electrons. The van der Waals surface area contributed by atoms with Crippen LogP contribution in [0.3, 0.4) is 0 Å². The molecule has 0 amide bonds. The molecule has 56 heavy (non-hydrogen) atoms. The van der Waals surface area contributed by atoms with Gasteiger partial charge in [0, 0.05) is 25.7 Å². The van der Waals surface area contributed by atoms with E-state index in [-0.39, 0.29) is 40.7 Å². The van der Waals surface area contributed by atoms with Gasteiger partial charge in [-0.1, -0.05) is 119 Å². The fourth-order valence-corrected chi connectivity index (χ4v) is 8.69. The fourth-order valence-electron chi connectivity index (χ4n) is 8.69. The average molecular weight is 765 g/mol. The number of fused-ring (bicyclic) bond motifs is 6. The second kappa shape index (κ2) is 14.3. The molecule has 0 radical (unpaired) electrons. The largest absolute Gasteiger partial charge is 0.493 e. The van der Waals surface area contributed by atoms with E-state index in [0.717, 1.165) is 81.0 Å². The Morgan fingerprint density at radius 1 is 0.518 bits per heavy atom. The van der Waals surface area contributed by atoms with Crippen molar-refractivity contribution in [1.82, 2.24) is 0 Å². The normalized spacial score (nSPS) is 24.3. The number of ether oxygens (including phenoxy) is 5. The minimum Gasteiger partial charge on any atom is -0.493 e. The van der Waals surface area contributed by atoms with Crippen LogP contribution in [0.15, 0.2) is 36.4 Å². The van der Waals surface area contributed by atoms with Gasteiger partial charge in [0.05, 0.1) is 19.8 Å². The summed E-state index contributed by atoms with van der Waals surface area (Å²) in [6.45, 7) is 28.0. The molecule has 1 saturated carbocycles. The molecule has 8 bridgehead atoms. The summed E-state index contributed by atoms with van der Waals surface area (Å²) in [5.74, 6) is 2.16. The van der Waals surface area contributed by atoms with Crippen molar-refractivity contribution in [2.24, 2.45) is 0 Å². The fraction of sp³-hybridized carbons (Fsp3) is 0.592. The van der Waals surface area contributed by atoms with Crippen LogP contribution in [0.1, 0.15) is 152 Å². The van der Waals surface area contributed by atoms with Crippen molar-refractivity contribution in [2.45, 2.75) is 168 Å². The Bertz CT molecular complexity index is 1910. The Kier molecular flexibility index (Phi) is 10.3. The summed E-state index contributed by atoms with van der Waals surface area (Å²) in [6, 6.07) is 13.6. The van der Waals surface area contributed by atoms with Gasteiger partial charge >= 0.3 is 0 Å². The maximum atomic E-state index is 15.1. The molecule has 0 unspecified atom stereocenters. The molecule has 4 aliphatic rings. The highest BCUT2D eigenvalue weighted by Crippen LogP contribution is 2.60. The van der Waals surface area contributed by atoms with Crippen molar-refractivity contribution in [2.75, 3.05) is 19.8 Å².